The maximum absolute atomic E-state index is 13.3. The zero-order chi connectivity index (χ0) is 23.8. The Balaban J connectivity index is 1.67. The van der Waals surface area contributed by atoms with Gasteiger partial charge in [-0.15, -0.1) is 11.3 Å². The number of carbonyl (C=O) groups excluding carboxylic acids is 1. The number of benzene rings is 3. The van der Waals surface area contributed by atoms with E-state index in [-0.39, 0.29) is 5.91 Å². The number of nitrogens with one attached hydrogen (secondary N) is 1. The SMILES string of the molecule is Cc1ccc(-c2cc(-c3ccccc3)nc3sc(C(=O)Nc4cccc(Cl)c4C)c(N)c23)cc1. The van der Waals surface area contributed by atoms with Crippen LogP contribution in [0.4, 0.5) is 11.4 Å². The van der Waals surface area contributed by atoms with Crippen molar-refractivity contribution in [2.24, 2.45) is 0 Å². The van der Waals surface area contributed by atoms with Crippen molar-refractivity contribution in [2.45, 2.75) is 13.8 Å². The van der Waals surface area contributed by atoms with Crippen molar-refractivity contribution in [1.82, 2.24) is 4.98 Å². The zero-order valence-corrected chi connectivity index (χ0v) is 20.3. The van der Waals surface area contributed by atoms with Crippen LogP contribution in [0, 0.1) is 13.8 Å². The monoisotopic (exact) mass is 483 g/mol. The van der Waals surface area contributed by atoms with Crippen LogP contribution >= 0.6 is 22.9 Å². The van der Waals surface area contributed by atoms with Crippen LogP contribution in [-0.2, 0) is 0 Å². The van der Waals surface area contributed by atoms with Crippen molar-refractivity contribution in [2.75, 3.05) is 11.1 Å². The molecule has 5 rings (SSSR count). The summed E-state index contributed by atoms with van der Waals surface area (Å²) in [4.78, 5) is 19.3. The lowest BCUT2D eigenvalue weighted by atomic mass is 9.98. The second-order valence-corrected chi connectivity index (χ2v) is 9.58. The van der Waals surface area contributed by atoms with E-state index < -0.39 is 0 Å². The maximum atomic E-state index is 13.3. The first-order chi connectivity index (χ1) is 16.4. The van der Waals surface area contributed by atoms with Crippen LogP contribution in [0.1, 0.15) is 20.8 Å². The number of aromatic nitrogens is 1. The number of carbonyl (C=O) groups is 1. The van der Waals surface area contributed by atoms with Crippen molar-refractivity contribution in [3.8, 4) is 22.4 Å². The van der Waals surface area contributed by atoms with Crippen molar-refractivity contribution < 1.29 is 4.79 Å². The number of thiophene rings is 1. The van der Waals surface area contributed by atoms with E-state index in [4.69, 9.17) is 22.3 Å². The number of hydrogen-bond donors (Lipinski definition) is 2. The molecule has 2 heterocycles. The molecule has 3 aromatic carbocycles. The average molecular weight is 484 g/mol. The third-order valence-electron chi connectivity index (χ3n) is 5.85. The first kappa shape index (κ1) is 22.1. The molecule has 168 valence electrons. The fourth-order valence-corrected chi connectivity index (χ4v) is 5.12. The number of anilines is 2. The Morgan fingerprint density at radius 3 is 2.41 bits per heavy atom. The molecule has 0 bridgehead atoms. The quantitative estimate of drug-likeness (QED) is 0.274. The molecule has 4 nitrogen and oxygen atoms in total. The van der Waals surface area contributed by atoms with Crippen LogP contribution in [0.2, 0.25) is 5.02 Å². The van der Waals surface area contributed by atoms with Gasteiger partial charge in [0.05, 0.1) is 11.4 Å². The molecule has 6 heteroatoms. The summed E-state index contributed by atoms with van der Waals surface area (Å²) in [5.74, 6) is -0.276. The van der Waals surface area contributed by atoms with E-state index in [1.54, 1.807) is 6.07 Å². The Bertz CT molecular complexity index is 1530. The molecular formula is C28H22ClN3OS. The number of rotatable bonds is 4. The second-order valence-electron chi connectivity index (χ2n) is 8.18. The Labute approximate surface area is 207 Å². The minimum absolute atomic E-state index is 0.276. The van der Waals surface area contributed by atoms with Gasteiger partial charge in [0, 0.05) is 21.7 Å². The predicted octanol–water partition coefficient (Wildman–Crippen LogP) is 7.74. The molecule has 0 atom stereocenters. The van der Waals surface area contributed by atoms with Gasteiger partial charge in [-0.2, -0.15) is 0 Å². The number of nitrogen functional groups attached to an aromatic ring is 1. The van der Waals surface area contributed by atoms with Crippen LogP contribution in [0.25, 0.3) is 32.6 Å². The number of hydrogen-bond acceptors (Lipinski definition) is 4. The number of nitrogens with zero attached hydrogens (tertiary/aromatic N) is 1. The molecule has 0 fully saturated rings. The van der Waals surface area contributed by atoms with E-state index in [2.05, 4.69) is 36.5 Å². The van der Waals surface area contributed by atoms with E-state index in [0.717, 1.165) is 38.2 Å². The van der Waals surface area contributed by atoms with Crippen molar-refractivity contribution in [3.05, 3.63) is 99.9 Å². The molecule has 0 saturated carbocycles. The predicted molar refractivity (Wildman–Crippen MR) is 144 cm³/mol. The molecule has 2 aromatic heterocycles. The first-order valence-electron chi connectivity index (χ1n) is 10.8. The lowest BCUT2D eigenvalue weighted by molar-refractivity contribution is 0.103. The van der Waals surface area contributed by atoms with E-state index in [9.17, 15) is 4.79 Å². The molecular weight excluding hydrogens is 462 g/mol. The molecule has 0 unspecified atom stereocenters. The van der Waals surface area contributed by atoms with Gasteiger partial charge in [-0.1, -0.05) is 77.8 Å². The summed E-state index contributed by atoms with van der Waals surface area (Å²) in [7, 11) is 0. The number of aryl methyl sites for hydroxylation is 1. The molecule has 0 saturated heterocycles. The average Bonchev–Trinajstić information content (AvgIpc) is 3.19. The standard InChI is InChI=1S/C28H22ClN3OS/c1-16-11-13-18(14-12-16)20-15-23(19-7-4-3-5-8-19)32-28-24(20)25(30)26(34-28)27(33)31-22-10-6-9-21(29)17(22)2/h3-15H,30H2,1-2H3,(H,31,33). The minimum atomic E-state index is -0.276. The van der Waals surface area contributed by atoms with E-state index in [1.165, 1.54) is 16.9 Å². The van der Waals surface area contributed by atoms with Crippen LogP contribution in [-0.4, -0.2) is 10.9 Å². The fourth-order valence-electron chi connectivity index (χ4n) is 3.93. The third kappa shape index (κ3) is 4.04. The van der Waals surface area contributed by atoms with Crippen LogP contribution in [0.5, 0.6) is 0 Å². The van der Waals surface area contributed by atoms with Crippen molar-refractivity contribution in [3.63, 3.8) is 0 Å². The lowest BCUT2D eigenvalue weighted by Crippen LogP contribution is -2.12. The lowest BCUT2D eigenvalue weighted by Gasteiger charge is -2.10. The molecule has 5 aromatic rings. The van der Waals surface area contributed by atoms with Gasteiger partial charge in [-0.25, -0.2) is 4.98 Å². The summed E-state index contributed by atoms with van der Waals surface area (Å²) < 4.78 is 0. The van der Waals surface area contributed by atoms with Crippen molar-refractivity contribution in [1.29, 1.82) is 0 Å². The summed E-state index contributed by atoms with van der Waals surface area (Å²) in [6.45, 7) is 3.93. The molecule has 34 heavy (non-hydrogen) atoms. The molecule has 0 aliphatic heterocycles. The van der Waals surface area contributed by atoms with Gasteiger partial charge < -0.3 is 11.1 Å². The fraction of sp³-hybridized carbons (Fsp3) is 0.0714. The van der Waals surface area contributed by atoms with Gasteiger partial charge in [0.25, 0.3) is 5.91 Å². The highest BCUT2D eigenvalue weighted by Crippen LogP contribution is 2.41. The summed E-state index contributed by atoms with van der Waals surface area (Å²) in [5, 5.41) is 4.35. The molecule has 0 aliphatic carbocycles. The number of amides is 1. The van der Waals surface area contributed by atoms with E-state index >= 15 is 0 Å². The van der Waals surface area contributed by atoms with E-state index in [1.807, 2.05) is 55.5 Å². The second kappa shape index (κ2) is 8.93. The van der Waals surface area contributed by atoms with E-state index in [0.29, 0.717) is 21.3 Å². The normalized spacial score (nSPS) is 11.0. The van der Waals surface area contributed by atoms with Gasteiger partial charge in [0.1, 0.15) is 9.71 Å². The Hall–Kier alpha value is -3.67. The molecule has 3 N–H and O–H groups in total. The van der Waals surface area contributed by atoms with Gasteiger partial charge in [0.2, 0.25) is 0 Å². The number of fused-ring (bicyclic) bond motifs is 1. The Morgan fingerprint density at radius 2 is 1.68 bits per heavy atom. The molecule has 0 aliphatic rings. The molecule has 1 amide bonds. The Kier molecular flexibility index (Phi) is 5.82. The van der Waals surface area contributed by atoms with Gasteiger partial charge in [-0.05, 0) is 48.7 Å². The number of halogens is 1. The van der Waals surface area contributed by atoms with Gasteiger partial charge in [0.15, 0.2) is 0 Å². The Morgan fingerprint density at radius 1 is 0.941 bits per heavy atom. The summed E-state index contributed by atoms with van der Waals surface area (Å²) in [6.07, 6.45) is 0. The number of nitrogens with two attached hydrogens (primary N) is 1. The topological polar surface area (TPSA) is 68.0 Å². The smallest absolute Gasteiger partial charge is 0.267 e. The van der Waals surface area contributed by atoms with Gasteiger partial charge in [-0.3, -0.25) is 4.79 Å². The van der Waals surface area contributed by atoms with Crippen LogP contribution in [0.3, 0.4) is 0 Å². The molecule has 0 radical (unpaired) electrons. The largest absolute Gasteiger partial charge is 0.397 e. The highest BCUT2D eigenvalue weighted by Gasteiger charge is 2.22. The highest BCUT2D eigenvalue weighted by molar-refractivity contribution is 7.21. The van der Waals surface area contributed by atoms with Crippen LogP contribution in [0.15, 0.2) is 78.9 Å². The molecule has 0 spiro atoms. The zero-order valence-electron chi connectivity index (χ0n) is 18.7. The van der Waals surface area contributed by atoms with Crippen LogP contribution < -0.4 is 11.1 Å². The maximum Gasteiger partial charge on any atom is 0.267 e. The van der Waals surface area contributed by atoms with Crippen molar-refractivity contribution >= 4 is 50.4 Å². The highest BCUT2D eigenvalue weighted by atomic mass is 35.5. The summed E-state index contributed by atoms with van der Waals surface area (Å²) in [5.41, 5.74) is 13.5. The number of pyridine rings is 1. The summed E-state index contributed by atoms with van der Waals surface area (Å²) in [6, 6.07) is 25.8. The minimum Gasteiger partial charge on any atom is -0.397 e. The third-order valence-corrected chi connectivity index (χ3v) is 7.36. The summed E-state index contributed by atoms with van der Waals surface area (Å²) >= 11 is 7.53. The first-order valence-corrected chi connectivity index (χ1v) is 12.0. The van der Waals surface area contributed by atoms with Gasteiger partial charge >= 0.3 is 0 Å².